The van der Waals surface area contributed by atoms with Gasteiger partial charge in [-0.25, -0.2) is 9.97 Å². The highest BCUT2D eigenvalue weighted by Crippen LogP contribution is 2.16. The third kappa shape index (κ3) is 4.64. The normalized spacial score (nSPS) is 17.4. The van der Waals surface area contributed by atoms with Crippen LogP contribution in [0, 0.1) is 0 Å². The van der Waals surface area contributed by atoms with E-state index in [1.165, 1.54) is 5.69 Å². The third-order valence-corrected chi connectivity index (χ3v) is 5.52. The second kappa shape index (κ2) is 8.89. The number of hydrogen-bond donors (Lipinski definition) is 0. The summed E-state index contributed by atoms with van der Waals surface area (Å²) in [6, 6.07) is 12.0. The quantitative estimate of drug-likeness (QED) is 0.717. The van der Waals surface area contributed by atoms with Crippen LogP contribution in [0.4, 0.5) is 11.6 Å². The lowest BCUT2D eigenvalue weighted by atomic mass is 10.2. The first-order chi connectivity index (χ1) is 14.2. The zero-order chi connectivity index (χ0) is 20.1. The molecule has 2 aliphatic rings. The van der Waals surface area contributed by atoms with E-state index in [4.69, 9.17) is 0 Å². The van der Waals surface area contributed by atoms with E-state index in [9.17, 15) is 9.59 Å². The molecule has 2 fully saturated rings. The number of hydrogen-bond acceptors (Lipinski definition) is 6. The van der Waals surface area contributed by atoms with Gasteiger partial charge in [-0.1, -0.05) is 18.2 Å². The molecule has 2 saturated heterocycles. The van der Waals surface area contributed by atoms with Crippen LogP contribution >= 0.6 is 0 Å². The minimum Gasteiger partial charge on any atom is -0.368 e. The van der Waals surface area contributed by atoms with Gasteiger partial charge in [0.1, 0.15) is 6.42 Å². The van der Waals surface area contributed by atoms with E-state index in [-0.39, 0.29) is 18.2 Å². The average molecular weight is 394 g/mol. The summed E-state index contributed by atoms with van der Waals surface area (Å²) >= 11 is 0. The van der Waals surface area contributed by atoms with Crippen molar-refractivity contribution in [3.63, 3.8) is 0 Å². The molecule has 0 N–H and O–H groups in total. The molecule has 0 radical (unpaired) electrons. The molecule has 8 nitrogen and oxygen atoms in total. The van der Waals surface area contributed by atoms with E-state index >= 15 is 0 Å². The first kappa shape index (κ1) is 19.2. The minimum absolute atomic E-state index is 0.0484. The highest BCUT2D eigenvalue weighted by molar-refractivity contribution is 5.97. The Morgan fingerprint density at radius 1 is 0.690 bits per heavy atom. The van der Waals surface area contributed by atoms with E-state index in [2.05, 4.69) is 31.9 Å². The number of nitrogens with zero attached hydrogens (tertiary/aromatic N) is 6. The van der Waals surface area contributed by atoms with E-state index < -0.39 is 0 Å². The summed E-state index contributed by atoms with van der Waals surface area (Å²) in [6.07, 6.45) is 3.39. The number of piperazine rings is 2. The second-order valence-corrected chi connectivity index (χ2v) is 7.30. The molecule has 2 aromatic rings. The summed E-state index contributed by atoms with van der Waals surface area (Å²) in [5.41, 5.74) is 1.18. The molecule has 0 saturated carbocycles. The molecule has 1 aromatic carbocycles. The van der Waals surface area contributed by atoms with Crippen molar-refractivity contribution in [2.75, 3.05) is 62.2 Å². The Hall–Kier alpha value is -3.16. The molecule has 0 unspecified atom stereocenters. The predicted octanol–water partition coefficient (Wildman–Crippen LogP) is 0.864. The molecule has 29 heavy (non-hydrogen) atoms. The molecule has 2 amide bonds. The van der Waals surface area contributed by atoms with E-state index in [0.29, 0.717) is 45.2 Å². The van der Waals surface area contributed by atoms with Crippen molar-refractivity contribution in [2.45, 2.75) is 6.42 Å². The van der Waals surface area contributed by atoms with Crippen molar-refractivity contribution in [3.05, 3.63) is 48.8 Å². The Balaban J connectivity index is 1.23. The van der Waals surface area contributed by atoms with Gasteiger partial charge in [0, 0.05) is 70.4 Å². The fourth-order valence-corrected chi connectivity index (χ4v) is 3.82. The zero-order valence-electron chi connectivity index (χ0n) is 16.5. The molecule has 8 heteroatoms. The summed E-state index contributed by atoms with van der Waals surface area (Å²) in [5.74, 6) is 0.526. The SMILES string of the molecule is O=C(CC(=O)N1CCN(c2ncccn2)CC1)N1CCN(c2ccccc2)CC1. The van der Waals surface area contributed by atoms with Crippen LogP contribution < -0.4 is 9.80 Å². The Labute approximate surface area is 170 Å². The van der Waals surface area contributed by atoms with Crippen molar-refractivity contribution >= 4 is 23.5 Å². The molecule has 152 valence electrons. The number of carbonyl (C=O) groups is 2. The average Bonchev–Trinajstić information content (AvgIpc) is 2.80. The van der Waals surface area contributed by atoms with Crippen LogP contribution in [0.25, 0.3) is 0 Å². The van der Waals surface area contributed by atoms with E-state index in [1.807, 2.05) is 23.1 Å². The number of rotatable bonds is 4. The molecule has 0 bridgehead atoms. The molecule has 0 spiro atoms. The number of para-hydroxylation sites is 1. The molecular weight excluding hydrogens is 368 g/mol. The van der Waals surface area contributed by atoms with Crippen molar-refractivity contribution in [1.29, 1.82) is 0 Å². The van der Waals surface area contributed by atoms with Gasteiger partial charge in [0.15, 0.2) is 0 Å². The standard InChI is InChI=1S/C21H26N6O2/c28-19(25-11-9-24(10-12-25)18-5-2-1-3-6-18)17-20(29)26-13-15-27(16-14-26)21-22-7-4-8-23-21/h1-8H,9-17H2. The van der Waals surface area contributed by atoms with E-state index in [0.717, 1.165) is 13.1 Å². The maximum Gasteiger partial charge on any atom is 0.232 e. The number of carbonyl (C=O) groups excluding carboxylic acids is 2. The van der Waals surface area contributed by atoms with Gasteiger partial charge in [-0.05, 0) is 18.2 Å². The Morgan fingerprint density at radius 3 is 1.76 bits per heavy atom. The van der Waals surface area contributed by atoms with Crippen LogP contribution in [-0.2, 0) is 9.59 Å². The third-order valence-electron chi connectivity index (χ3n) is 5.52. The first-order valence-corrected chi connectivity index (χ1v) is 10.1. The van der Waals surface area contributed by atoms with Crippen molar-refractivity contribution < 1.29 is 9.59 Å². The summed E-state index contributed by atoms with van der Waals surface area (Å²) in [5, 5.41) is 0. The van der Waals surface area contributed by atoms with Crippen LogP contribution in [0.15, 0.2) is 48.8 Å². The van der Waals surface area contributed by atoms with Gasteiger partial charge in [-0.3, -0.25) is 9.59 Å². The van der Waals surface area contributed by atoms with Gasteiger partial charge in [0.2, 0.25) is 17.8 Å². The lowest BCUT2D eigenvalue weighted by Gasteiger charge is -2.37. The summed E-state index contributed by atoms with van der Waals surface area (Å²) < 4.78 is 0. The maximum absolute atomic E-state index is 12.6. The molecule has 0 atom stereocenters. The van der Waals surface area contributed by atoms with Gasteiger partial charge < -0.3 is 19.6 Å². The lowest BCUT2D eigenvalue weighted by Crippen LogP contribution is -2.52. The maximum atomic E-state index is 12.6. The molecule has 3 heterocycles. The Morgan fingerprint density at radius 2 is 1.21 bits per heavy atom. The van der Waals surface area contributed by atoms with Crippen LogP contribution in [0.5, 0.6) is 0 Å². The van der Waals surface area contributed by atoms with Crippen molar-refractivity contribution in [1.82, 2.24) is 19.8 Å². The van der Waals surface area contributed by atoms with Crippen molar-refractivity contribution in [2.24, 2.45) is 0 Å². The van der Waals surface area contributed by atoms with Gasteiger partial charge >= 0.3 is 0 Å². The number of amides is 2. The van der Waals surface area contributed by atoms with Gasteiger partial charge in [-0.2, -0.15) is 0 Å². The fourth-order valence-electron chi connectivity index (χ4n) is 3.82. The topological polar surface area (TPSA) is 72.9 Å². The second-order valence-electron chi connectivity index (χ2n) is 7.30. The molecule has 1 aromatic heterocycles. The zero-order valence-corrected chi connectivity index (χ0v) is 16.5. The van der Waals surface area contributed by atoms with Crippen LogP contribution in [0.1, 0.15) is 6.42 Å². The molecule has 2 aliphatic heterocycles. The number of benzene rings is 1. The van der Waals surface area contributed by atoms with Crippen LogP contribution in [0.3, 0.4) is 0 Å². The first-order valence-electron chi connectivity index (χ1n) is 10.1. The fraction of sp³-hybridized carbons (Fsp3) is 0.429. The highest BCUT2D eigenvalue weighted by atomic mass is 16.2. The summed E-state index contributed by atoms with van der Waals surface area (Å²) in [7, 11) is 0. The summed E-state index contributed by atoms with van der Waals surface area (Å²) in [4.78, 5) is 41.6. The number of anilines is 2. The highest BCUT2D eigenvalue weighted by Gasteiger charge is 2.27. The number of aromatic nitrogens is 2. The van der Waals surface area contributed by atoms with Gasteiger partial charge in [0.05, 0.1) is 0 Å². The van der Waals surface area contributed by atoms with E-state index in [1.54, 1.807) is 23.4 Å². The van der Waals surface area contributed by atoms with Gasteiger partial charge in [0.25, 0.3) is 0 Å². The molecular formula is C21H26N6O2. The van der Waals surface area contributed by atoms with Crippen LogP contribution in [-0.4, -0.2) is 83.9 Å². The summed E-state index contributed by atoms with van der Waals surface area (Å²) in [6.45, 7) is 5.43. The Bertz CT molecular complexity index is 746. The smallest absolute Gasteiger partial charge is 0.232 e. The lowest BCUT2D eigenvalue weighted by molar-refractivity contribution is -0.141. The Kier molecular flexibility index (Phi) is 5.88. The largest absolute Gasteiger partial charge is 0.368 e. The van der Waals surface area contributed by atoms with Crippen molar-refractivity contribution in [3.8, 4) is 0 Å². The molecule has 4 rings (SSSR count). The van der Waals surface area contributed by atoms with Crippen LogP contribution in [0.2, 0.25) is 0 Å². The van der Waals surface area contributed by atoms with Gasteiger partial charge in [-0.15, -0.1) is 0 Å². The molecule has 0 aliphatic carbocycles. The predicted molar refractivity (Wildman–Crippen MR) is 111 cm³/mol. The minimum atomic E-state index is -0.0888. The monoisotopic (exact) mass is 394 g/mol.